The number of likely N-dealkylation sites (tertiary alicyclic amines) is 1. The first-order valence-electron chi connectivity index (χ1n) is 7.61. The van der Waals surface area contributed by atoms with Crippen LogP contribution in [0.3, 0.4) is 0 Å². The third-order valence-corrected chi connectivity index (χ3v) is 5.99. The predicted octanol–water partition coefficient (Wildman–Crippen LogP) is 3.22. The van der Waals surface area contributed by atoms with Gasteiger partial charge in [0.2, 0.25) is 0 Å². The monoisotopic (exact) mass is 298 g/mol. The van der Waals surface area contributed by atoms with Gasteiger partial charge in [-0.25, -0.2) is 0 Å². The Morgan fingerprint density at radius 1 is 1.24 bits per heavy atom. The summed E-state index contributed by atoms with van der Waals surface area (Å²) in [5, 5.41) is 2.06. The first-order valence-corrected chi connectivity index (χ1v) is 8.49. The van der Waals surface area contributed by atoms with Crippen molar-refractivity contribution in [3.8, 4) is 0 Å². The molecule has 4 aliphatic rings. The summed E-state index contributed by atoms with van der Waals surface area (Å²) >= 11 is 1.75. The Bertz CT molecular complexity index is 635. The first kappa shape index (κ1) is 13.1. The molecule has 1 aliphatic carbocycles. The van der Waals surface area contributed by atoms with Crippen molar-refractivity contribution in [2.75, 3.05) is 13.1 Å². The van der Waals surface area contributed by atoms with Crippen LogP contribution in [0.15, 0.2) is 51.5 Å². The van der Waals surface area contributed by atoms with E-state index in [4.69, 9.17) is 0 Å². The fourth-order valence-corrected chi connectivity index (χ4v) is 4.78. The van der Waals surface area contributed by atoms with Crippen molar-refractivity contribution in [3.05, 3.63) is 46.6 Å². The SMILES string of the molecule is O=C(C1=CSC23CC=CC=C2N=CC=C13)N1CCCCC1. The van der Waals surface area contributed by atoms with E-state index >= 15 is 0 Å². The lowest BCUT2D eigenvalue weighted by Crippen LogP contribution is -2.38. The van der Waals surface area contributed by atoms with Crippen LogP contribution in [0.25, 0.3) is 0 Å². The summed E-state index contributed by atoms with van der Waals surface area (Å²) in [6, 6.07) is 0. The van der Waals surface area contributed by atoms with Crippen molar-refractivity contribution in [2.24, 2.45) is 4.99 Å². The summed E-state index contributed by atoms with van der Waals surface area (Å²) in [6.45, 7) is 1.80. The van der Waals surface area contributed by atoms with Gasteiger partial charge in [-0.2, -0.15) is 0 Å². The predicted molar refractivity (Wildman–Crippen MR) is 87.3 cm³/mol. The zero-order valence-corrected chi connectivity index (χ0v) is 12.7. The largest absolute Gasteiger partial charge is 0.339 e. The molecule has 1 saturated heterocycles. The topological polar surface area (TPSA) is 32.7 Å². The molecule has 1 unspecified atom stereocenters. The Balaban J connectivity index is 1.65. The molecule has 4 rings (SSSR count). The lowest BCUT2D eigenvalue weighted by Gasteiger charge is -2.35. The Labute approximate surface area is 129 Å². The molecule has 3 aliphatic heterocycles. The second-order valence-electron chi connectivity index (χ2n) is 5.87. The van der Waals surface area contributed by atoms with Crippen molar-refractivity contribution >= 4 is 23.9 Å². The van der Waals surface area contributed by atoms with E-state index in [1.54, 1.807) is 11.8 Å². The van der Waals surface area contributed by atoms with E-state index in [0.29, 0.717) is 0 Å². The minimum Gasteiger partial charge on any atom is -0.339 e. The number of dihydropyridines is 1. The minimum atomic E-state index is -0.149. The minimum absolute atomic E-state index is 0.149. The van der Waals surface area contributed by atoms with Gasteiger partial charge in [-0.15, -0.1) is 11.8 Å². The fraction of sp³-hybridized carbons (Fsp3) is 0.412. The molecule has 1 atom stereocenters. The number of hydrogen-bond acceptors (Lipinski definition) is 3. The second-order valence-corrected chi connectivity index (χ2v) is 7.04. The van der Waals surface area contributed by atoms with Crippen LogP contribution in [0, 0.1) is 0 Å². The quantitative estimate of drug-likeness (QED) is 0.744. The average molecular weight is 298 g/mol. The fourth-order valence-electron chi connectivity index (χ4n) is 3.49. The highest BCUT2D eigenvalue weighted by atomic mass is 32.2. The van der Waals surface area contributed by atoms with E-state index in [2.05, 4.69) is 28.6 Å². The third-order valence-electron chi connectivity index (χ3n) is 4.64. The third kappa shape index (κ3) is 1.96. The smallest absolute Gasteiger partial charge is 0.254 e. The van der Waals surface area contributed by atoms with Crippen LogP contribution in [-0.4, -0.2) is 34.9 Å². The maximum absolute atomic E-state index is 12.8. The van der Waals surface area contributed by atoms with Gasteiger partial charge in [0.15, 0.2) is 0 Å². The summed E-state index contributed by atoms with van der Waals surface area (Å²) < 4.78 is -0.149. The molecule has 21 heavy (non-hydrogen) atoms. The Morgan fingerprint density at radius 2 is 2.10 bits per heavy atom. The van der Waals surface area contributed by atoms with Crippen molar-refractivity contribution in [2.45, 2.75) is 30.4 Å². The van der Waals surface area contributed by atoms with E-state index < -0.39 is 0 Å². The number of piperidine rings is 1. The zero-order chi connectivity index (χ0) is 14.3. The number of carbonyl (C=O) groups is 1. The van der Waals surface area contributed by atoms with Crippen LogP contribution < -0.4 is 0 Å². The number of carbonyl (C=O) groups excluding carboxylic acids is 1. The molecule has 0 aromatic heterocycles. The van der Waals surface area contributed by atoms with Crippen LogP contribution in [0.2, 0.25) is 0 Å². The molecular weight excluding hydrogens is 280 g/mol. The number of hydrogen-bond donors (Lipinski definition) is 0. The Morgan fingerprint density at radius 3 is 2.95 bits per heavy atom. The van der Waals surface area contributed by atoms with Gasteiger partial charge in [-0.05, 0) is 48.8 Å². The van der Waals surface area contributed by atoms with Crippen LogP contribution in [0.5, 0.6) is 0 Å². The summed E-state index contributed by atoms with van der Waals surface area (Å²) in [7, 11) is 0. The van der Waals surface area contributed by atoms with Crippen molar-refractivity contribution in [1.82, 2.24) is 4.90 Å². The molecule has 3 nitrogen and oxygen atoms in total. The molecule has 3 heterocycles. The van der Waals surface area contributed by atoms with Gasteiger partial charge in [0, 0.05) is 19.3 Å². The number of thioether (sulfide) groups is 1. The highest BCUT2D eigenvalue weighted by molar-refractivity contribution is 8.04. The number of allylic oxidation sites excluding steroid dienone is 4. The van der Waals surface area contributed by atoms with Crippen molar-refractivity contribution in [3.63, 3.8) is 0 Å². The summed E-state index contributed by atoms with van der Waals surface area (Å²) in [5.41, 5.74) is 3.10. The maximum atomic E-state index is 12.8. The highest BCUT2D eigenvalue weighted by Gasteiger charge is 2.47. The van der Waals surface area contributed by atoms with Crippen molar-refractivity contribution in [1.29, 1.82) is 0 Å². The van der Waals surface area contributed by atoms with Crippen LogP contribution in [0.4, 0.5) is 0 Å². The molecule has 1 amide bonds. The first-order chi connectivity index (χ1) is 10.3. The highest BCUT2D eigenvalue weighted by Crippen LogP contribution is 2.54. The molecule has 0 aromatic carbocycles. The van der Waals surface area contributed by atoms with Gasteiger partial charge >= 0.3 is 0 Å². The lowest BCUT2D eigenvalue weighted by atomic mass is 9.82. The normalized spacial score (nSPS) is 30.3. The van der Waals surface area contributed by atoms with Crippen LogP contribution in [-0.2, 0) is 4.79 Å². The van der Waals surface area contributed by atoms with Gasteiger partial charge in [0.05, 0.1) is 16.0 Å². The molecule has 0 bridgehead atoms. The zero-order valence-electron chi connectivity index (χ0n) is 11.9. The molecule has 1 spiro atoms. The van der Waals surface area contributed by atoms with Gasteiger partial charge < -0.3 is 4.90 Å². The second kappa shape index (κ2) is 5.02. The maximum Gasteiger partial charge on any atom is 0.254 e. The molecule has 0 N–H and O–H groups in total. The van der Waals surface area contributed by atoms with E-state index in [9.17, 15) is 4.79 Å². The average Bonchev–Trinajstić information content (AvgIpc) is 2.93. The number of nitrogens with zero attached hydrogens (tertiary/aromatic N) is 2. The Hall–Kier alpha value is -1.55. The van der Waals surface area contributed by atoms with Crippen LogP contribution >= 0.6 is 11.8 Å². The van der Waals surface area contributed by atoms with Gasteiger partial charge in [-0.1, -0.05) is 12.2 Å². The van der Waals surface area contributed by atoms with Gasteiger partial charge in [0.1, 0.15) is 0 Å². The van der Waals surface area contributed by atoms with Gasteiger partial charge in [0.25, 0.3) is 5.91 Å². The van der Waals surface area contributed by atoms with E-state index in [1.165, 1.54) is 6.42 Å². The molecule has 0 aromatic rings. The van der Waals surface area contributed by atoms with E-state index in [1.807, 2.05) is 17.2 Å². The molecule has 0 saturated carbocycles. The molecular formula is C17H18N2OS. The standard InChI is InChI=1S/C17H18N2OS/c20-16(19-10-4-1-5-11-19)13-12-21-17-8-3-2-6-15(17)18-9-7-14(13)17/h2-3,6-7,9,12H,1,4-5,8,10-11H2. The van der Waals surface area contributed by atoms with E-state index in [-0.39, 0.29) is 10.7 Å². The van der Waals surface area contributed by atoms with Crippen molar-refractivity contribution < 1.29 is 4.79 Å². The van der Waals surface area contributed by atoms with E-state index in [0.717, 1.165) is 49.2 Å². The molecule has 4 heteroatoms. The molecule has 0 radical (unpaired) electrons. The Kier molecular flexibility index (Phi) is 3.14. The lowest BCUT2D eigenvalue weighted by molar-refractivity contribution is -0.127. The molecule has 1 fully saturated rings. The number of aliphatic imine (C=N–C) groups is 1. The summed E-state index contributed by atoms with van der Waals surface area (Å²) in [5.74, 6) is 0.203. The van der Waals surface area contributed by atoms with Crippen LogP contribution in [0.1, 0.15) is 25.7 Å². The molecule has 108 valence electrons. The summed E-state index contributed by atoms with van der Waals surface area (Å²) in [4.78, 5) is 19.4. The number of amides is 1. The van der Waals surface area contributed by atoms with Gasteiger partial charge in [-0.3, -0.25) is 9.79 Å². The summed E-state index contributed by atoms with van der Waals surface area (Å²) in [6.07, 6.45) is 14.6. The number of rotatable bonds is 1.